The summed E-state index contributed by atoms with van der Waals surface area (Å²) in [5, 5.41) is 0. The molecule has 2 aromatic rings. The van der Waals surface area contributed by atoms with Crippen LogP contribution in [-0.2, 0) is 10.0 Å². The van der Waals surface area contributed by atoms with E-state index >= 15 is 0 Å². The van der Waals surface area contributed by atoms with Gasteiger partial charge in [-0.15, -0.1) is 0 Å². The Morgan fingerprint density at radius 3 is 2.75 bits per heavy atom. The van der Waals surface area contributed by atoms with Gasteiger partial charge < -0.3 is 4.90 Å². The van der Waals surface area contributed by atoms with Crippen molar-refractivity contribution >= 4 is 32.8 Å². The molecule has 0 bridgehead atoms. The molecule has 108 valence electrons. The van der Waals surface area contributed by atoms with Crippen LogP contribution in [-0.4, -0.2) is 54.2 Å². The van der Waals surface area contributed by atoms with Crippen molar-refractivity contribution in [2.75, 3.05) is 32.7 Å². The monoisotopic (exact) mass is 313 g/mol. The molecule has 1 aliphatic heterocycles. The molecule has 0 aliphatic carbocycles. The molecular formula is C12H17N4O2S2+. The fourth-order valence-corrected chi connectivity index (χ4v) is 4.72. The summed E-state index contributed by atoms with van der Waals surface area (Å²) >= 11 is 1.05. The van der Waals surface area contributed by atoms with Crippen molar-refractivity contribution in [3.8, 4) is 0 Å². The molecule has 0 radical (unpaired) electrons. The number of quaternary nitrogens is 1. The van der Waals surface area contributed by atoms with Crippen LogP contribution < -0.4 is 4.90 Å². The minimum atomic E-state index is -3.47. The molecule has 0 spiro atoms. The Hall–Kier alpha value is -1.09. The zero-order valence-corrected chi connectivity index (χ0v) is 12.9. The zero-order valence-electron chi connectivity index (χ0n) is 11.2. The molecule has 0 amide bonds. The second-order valence-corrected chi connectivity index (χ2v) is 7.33. The highest BCUT2D eigenvalue weighted by molar-refractivity contribution is 7.89. The lowest BCUT2D eigenvalue weighted by Gasteiger charge is -2.30. The Kier molecular flexibility index (Phi) is 3.72. The van der Waals surface area contributed by atoms with E-state index in [-0.39, 0.29) is 4.90 Å². The molecule has 3 rings (SSSR count). The first kappa shape index (κ1) is 13.9. The average Bonchev–Trinajstić information content (AvgIpc) is 2.95. The minimum Gasteiger partial charge on any atom is -0.333 e. The first-order valence-electron chi connectivity index (χ1n) is 6.68. The highest BCUT2D eigenvalue weighted by atomic mass is 32.2. The van der Waals surface area contributed by atoms with Gasteiger partial charge in [0.1, 0.15) is 15.9 Å². The van der Waals surface area contributed by atoms with Crippen LogP contribution in [0, 0.1) is 0 Å². The summed E-state index contributed by atoms with van der Waals surface area (Å²) in [5.41, 5.74) is 1.14. The lowest BCUT2D eigenvalue weighted by Crippen LogP contribution is -3.14. The number of nitrogens with one attached hydrogen (secondary N) is 1. The number of hydrogen-bond acceptors (Lipinski definition) is 5. The maximum Gasteiger partial charge on any atom is 0.245 e. The van der Waals surface area contributed by atoms with E-state index in [1.165, 1.54) is 4.90 Å². The molecule has 0 saturated carbocycles. The number of hydrogen-bond donors (Lipinski definition) is 1. The van der Waals surface area contributed by atoms with Gasteiger partial charge in [0.2, 0.25) is 10.0 Å². The highest BCUT2D eigenvalue weighted by Gasteiger charge is 2.31. The largest absolute Gasteiger partial charge is 0.333 e. The van der Waals surface area contributed by atoms with Crippen LogP contribution in [0.25, 0.3) is 11.0 Å². The molecule has 1 aliphatic rings. The van der Waals surface area contributed by atoms with Crippen molar-refractivity contribution in [3.05, 3.63) is 18.2 Å². The van der Waals surface area contributed by atoms with Gasteiger partial charge in [-0.25, -0.2) is 8.42 Å². The molecule has 6 nitrogen and oxygen atoms in total. The van der Waals surface area contributed by atoms with E-state index in [1.54, 1.807) is 22.5 Å². The van der Waals surface area contributed by atoms with Gasteiger partial charge >= 0.3 is 0 Å². The standard InChI is InChI=1S/C12H16N4O2S2/c1-2-15-6-8-16(9-7-15)20(17,18)11-5-3-4-10-12(11)14-19-13-10/h3-5H,2,6-9H2,1H3/p+1. The van der Waals surface area contributed by atoms with Gasteiger partial charge in [0, 0.05) is 0 Å². The number of fused-ring (bicyclic) bond motifs is 1. The summed E-state index contributed by atoms with van der Waals surface area (Å²) in [4.78, 5) is 1.73. The van der Waals surface area contributed by atoms with Crippen molar-refractivity contribution in [1.29, 1.82) is 0 Å². The van der Waals surface area contributed by atoms with E-state index in [4.69, 9.17) is 0 Å². The number of piperazine rings is 1. The van der Waals surface area contributed by atoms with Crippen LogP contribution in [0.1, 0.15) is 6.92 Å². The second kappa shape index (κ2) is 5.36. The van der Waals surface area contributed by atoms with Gasteiger partial charge in [0.25, 0.3) is 0 Å². The van der Waals surface area contributed by atoms with Crippen LogP contribution in [0.15, 0.2) is 23.1 Å². The lowest BCUT2D eigenvalue weighted by molar-refractivity contribution is -0.901. The van der Waals surface area contributed by atoms with E-state index < -0.39 is 10.0 Å². The third-order valence-electron chi connectivity index (χ3n) is 3.80. The number of benzene rings is 1. The summed E-state index contributed by atoms with van der Waals surface area (Å²) < 4.78 is 35.3. The van der Waals surface area contributed by atoms with Crippen molar-refractivity contribution in [3.63, 3.8) is 0 Å². The van der Waals surface area contributed by atoms with Crippen molar-refractivity contribution in [2.45, 2.75) is 11.8 Å². The Morgan fingerprint density at radius 1 is 1.30 bits per heavy atom. The molecule has 1 aromatic carbocycles. The highest BCUT2D eigenvalue weighted by Crippen LogP contribution is 2.24. The molecule has 8 heteroatoms. The molecule has 0 unspecified atom stereocenters. The van der Waals surface area contributed by atoms with Crippen LogP contribution >= 0.6 is 11.7 Å². The fourth-order valence-electron chi connectivity index (χ4n) is 2.52. The van der Waals surface area contributed by atoms with Gasteiger partial charge in [-0.05, 0) is 19.1 Å². The summed E-state index contributed by atoms with van der Waals surface area (Å²) in [6.45, 7) is 6.03. The molecule has 1 N–H and O–H groups in total. The predicted molar refractivity (Wildman–Crippen MR) is 77.4 cm³/mol. The number of likely N-dealkylation sites (N-methyl/N-ethyl adjacent to an activating group) is 1. The maximum absolute atomic E-state index is 12.7. The molecule has 0 atom stereocenters. The number of nitrogens with zero attached hydrogens (tertiary/aromatic N) is 3. The van der Waals surface area contributed by atoms with E-state index in [0.717, 1.165) is 31.4 Å². The Morgan fingerprint density at radius 2 is 2.05 bits per heavy atom. The molecule has 20 heavy (non-hydrogen) atoms. The Bertz CT molecular complexity index is 705. The van der Waals surface area contributed by atoms with Crippen molar-refractivity contribution in [1.82, 2.24) is 13.1 Å². The molecule has 2 heterocycles. The third kappa shape index (κ3) is 2.32. The number of rotatable bonds is 3. The molecular weight excluding hydrogens is 296 g/mol. The predicted octanol–water partition coefficient (Wildman–Crippen LogP) is -0.400. The topological polar surface area (TPSA) is 67.6 Å². The third-order valence-corrected chi connectivity index (χ3v) is 6.27. The van der Waals surface area contributed by atoms with E-state index in [0.29, 0.717) is 24.1 Å². The fraction of sp³-hybridized carbons (Fsp3) is 0.500. The summed E-state index contributed by atoms with van der Waals surface area (Å²) in [5.74, 6) is 0. The number of aromatic nitrogens is 2. The second-order valence-electron chi connectivity index (χ2n) is 4.90. The van der Waals surface area contributed by atoms with Gasteiger partial charge in [0.05, 0.1) is 44.5 Å². The Balaban J connectivity index is 1.94. The van der Waals surface area contributed by atoms with Crippen LogP contribution in [0.4, 0.5) is 0 Å². The minimum absolute atomic E-state index is 0.281. The normalized spacial score (nSPS) is 18.6. The van der Waals surface area contributed by atoms with Crippen LogP contribution in [0.2, 0.25) is 0 Å². The zero-order chi connectivity index (χ0) is 14.2. The van der Waals surface area contributed by atoms with Crippen LogP contribution in [0.3, 0.4) is 0 Å². The number of sulfonamides is 1. The molecule has 1 fully saturated rings. The quantitative estimate of drug-likeness (QED) is 0.837. The maximum atomic E-state index is 12.7. The summed E-state index contributed by atoms with van der Waals surface area (Å²) in [7, 11) is -3.47. The SMILES string of the molecule is CC[NH+]1CCN(S(=O)(=O)c2cccc3nsnc23)CC1. The average molecular weight is 313 g/mol. The van der Waals surface area contributed by atoms with E-state index in [1.807, 2.05) is 0 Å². The van der Waals surface area contributed by atoms with Gasteiger partial charge in [0.15, 0.2) is 0 Å². The molecule has 1 saturated heterocycles. The van der Waals surface area contributed by atoms with Gasteiger partial charge in [-0.2, -0.15) is 13.1 Å². The van der Waals surface area contributed by atoms with E-state index in [9.17, 15) is 8.42 Å². The van der Waals surface area contributed by atoms with Gasteiger partial charge in [-0.3, -0.25) is 0 Å². The van der Waals surface area contributed by atoms with Crippen molar-refractivity contribution < 1.29 is 13.3 Å². The first-order valence-corrected chi connectivity index (χ1v) is 8.85. The smallest absolute Gasteiger partial charge is 0.245 e. The first-order chi connectivity index (χ1) is 9.63. The van der Waals surface area contributed by atoms with Crippen LogP contribution in [0.5, 0.6) is 0 Å². The summed E-state index contributed by atoms with van der Waals surface area (Å²) in [6.07, 6.45) is 0. The van der Waals surface area contributed by atoms with E-state index in [2.05, 4.69) is 15.7 Å². The molecule has 1 aromatic heterocycles. The lowest BCUT2D eigenvalue weighted by atomic mass is 10.3. The van der Waals surface area contributed by atoms with Crippen molar-refractivity contribution in [2.24, 2.45) is 0 Å². The Labute approximate surface area is 122 Å². The summed E-state index contributed by atoms with van der Waals surface area (Å²) in [6, 6.07) is 5.14. The van der Waals surface area contributed by atoms with Gasteiger partial charge in [-0.1, -0.05) is 6.07 Å².